The quantitative estimate of drug-likeness (QED) is 0.649. The Morgan fingerprint density at radius 2 is 2.18 bits per heavy atom. The van der Waals surface area contributed by atoms with Gasteiger partial charge in [-0.05, 0) is 25.0 Å². The lowest BCUT2D eigenvalue weighted by molar-refractivity contribution is 0.708. The molecule has 2 nitrogen and oxygen atoms in total. The van der Waals surface area contributed by atoms with Gasteiger partial charge in [-0.3, -0.25) is 0 Å². The van der Waals surface area contributed by atoms with E-state index in [1.807, 2.05) is 12.1 Å². The molecule has 0 atom stereocenters. The van der Waals surface area contributed by atoms with Gasteiger partial charge in [-0.1, -0.05) is 17.7 Å². The summed E-state index contributed by atoms with van der Waals surface area (Å²) in [6, 6.07) is 5.58. The van der Waals surface area contributed by atoms with E-state index in [1.54, 1.807) is 6.07 Å². The van der Waals surface area contributed by atoms with Gasteiger partial charge in [0.15, 0.2) is 0 Å². The van der Waals surface area contributed by atoms with E-state index < -0.39 is 0 Å². The molecule has 1 aromatic heterocycles. The summed E-state index contributed by atoms with van der Waals surface area (Å²) in [6.07, 6.45) is 2.06. The number of hydrogen-bond acceptors (Lipinski definition) is 2. The Balaban J connectivity index is 2.38. The predicted octanol–water partition coefficient (Wildman–Crippen LogP) is 1.68. The van der Waals surface area contributed by atoms with Gasteiger partial charge in [-0.2, -0.15) is 0 Å². The van der Waals surface area contributed by atoms with Gasteiger partial charge >= 0.3 is 0 Å². The summed E-state index contributed by atoms with van der Waals surface area (Å²) in [4.78, 5) is 4.15. The second-order valence-electron chi connectivity index (χ2n) is 3.00. The van der Waals surface area contributed by atoms with Gasteiger partial charge in [0.2, 0.25) is 0 Å². The molecule has 2 N–H and O–H groups in total. The highest BCUT2D eigenvalue weighted by molar-refractivity contribution is 6.29. The standard InChI is InChI=1S/C8H9ClN2/c9-7-3-1-2-6(11-7)8(10)4-5-8/h1-3H,4-5,10H2. The summed E-state index contributed by atoms with van der Waals surface area (Å²) in [5.41, 5.74) is 6.68. The summed E-state index contributed by atoms with van der Waals surface area (Å²) in [7, 11) is 0. The highest BCUT2D eigenvalue weighted by Crippen LogP contribution is 2.41. The smallest absolute Gasteiger partial charge is 0.129 e. The summed E-state index contributed by atoms with van der Waals surface area (Å²) in [5, 5.41) is 0.527. The molecular weight excluding hydrogens is 160 g/mol. The first-order valence-electron chi connectivity index (χ1n) is 3.63. The third kappa shape index (κ3) is 1.24. The Kier molecular flexibility index (Phi) is 1.41. The van der Waals surface area contributed by atoms with Crippen molar-refractivity contribution in [1.82, 2.24) is 4.98 Å². The van der Waals surface area contributed by atoms with Crippen molar-refractivity contribution in [1.29, 1.82) is 0 Å². The third-order valence-electron chi connectivity index (χ3n) is 2.01. The van der Waals surface area contributed by atoms with Crippen LogP contribution in [0.5, 0.6) is 0 Å². The van der Waals surface area contributed by atoms with Crippen molar-refractivity contribution < 1.29 is 0 Å². The zero-order valence-electron chi connectivity index (χ0n) is 6.05. The van der Waals surface area contributed by atoms with Gasteiger partial charge in [0.05, 0.1) is 11.2 Å². The lowest BCUT2D eigenvalue weighted by Gasteiger charge is -2.06. The van der Waals surface area contributed by atoms with Crippen LogP contribution in [0, 0.1) is 0 Å². The second-order valence-corrected chi connectivity index (χ2v) is 3.39. The van der Waals surface area contributed by atoms with Crippen molar-refractivity contribution in [2.24, 2.45) is 5.73 Å². The van der Waals surface area contributed by atoms with E-state index >= 15 is 0 Å². The Morgan fingerprint density at radius 1 is 1.45 bits per heavy atom. The van der Waals surface area contributed by atoms with Crippen LogP contribution >= 0.6 is 11.6 Å². The fourth-order valence-corrected chi connectivity index (χ4v) is 1.24. The summed E-state index contributed by atoms with van der Waals surface area (Å²) >= 11 is 5.71. The molecule has 0 spiro atoms. The molecule has 11 heavy (non-hydrogen) atoms. The van der Waals surface area contributed by atoms with Crippen LogP contribution in [-0.2, 0) is 5.54 Å². The zero-order valence-corrected chi connectivity index (χ0v) is 6.80. The molecule has 0 radical (unpaired) electrons. The van der Waals surface area contributed by atoms with Crippen molar-refractivity contribution in [2.45, 2.75) is 18.4 Å². The zero-order chi connectivity index (χ0) is 7.90. The van der Waals surface area contributed by atoms with E-state index in [0.29, 0.717) is 5.15 Å². The molecule has 1 aliphatic rings. The van der Waals surface area contributed by atoms with Gasteiger partial charge in [-0.15, -0.1) is 0 Å². The number of hydrogen-bond donors (Lipinski definition) is 1. The van der Waals surface area contributed by atoms with E-state index in [9.17, 15) is 0 Å². The molecule has 0 unspecified atom stereocenters. The van der Waals surface area contributed by atoms with Crippen LogP contribution in [0.15, 0.2) is 18.2 Å². The molecule has 1 aromatic rings. The van der Waals surface area contributed by atoms with Gasteiger partial charge in [0.1, 0.15) is 5.15 Å². The molecule has 3 heteroatoms. The number of nitrogens with zero attached hydrogens (tertiary/aromatic N) is 1. The Bertz CT molecular complexity index is 281. The average Bonchev–Trinajstić information content (AvgIpc) is 2.70. The van der Waals surface area contributed by atoms with Crippen LogP contribution in [-0.4, -0.2) is 4.98 Å². The SMILES string of the molecule is NC1(c2cccc(Cl)n2)CC1. The summed E-state index contributed by atoms with van der Waals surface area (Å²) in [6.45, 7) is 0. The van der Waals surface area contributed by atoms with Gasteiger partial charge in [0.25, 0.3) is 0 Å². The molecule has 0 saturated heterocycles. The first-order valence-corrected chi connectivity index (χ1v) is 4.00. The Hall–Kier alpha value is -0.600. The third-order valence-corrected chi connectivity index (χ3v) is 2.22. The van der Waals surface area contributed by atoms with E-state index in [-0.39, 0.29) is 5.54 Å². The lowest BCUT2D eigenvalue weighted by atomic mass is 10.2. The lowest BCUT2D eigenvalue weighted by Crippen LogP contribution is -2.20. The molecule has 0 bridgehead atoms. The summed E-state index contributed by atoms with van der Waals surface area (Å²) in [5.74, 6) is 0. The molecular formula is C8H9ClN2. The van der Waals surface area contributed by atoms with Crippen LogP contribution in [0.3, 0.4) is 0 Å². The first kappa shape index (κ1) is 7.07. The van der Waals surface area contributed by atoms with Crippen molar-refractivity contribution in [2.75, 3.05) is 0 Å². The monoisotopic (exact) mass is 168 g/mol. The normalized spacial score (nSPS) is 19.8. The highest BCUT2D eigenvalue weighted by Gasteiger charge is 2.41. The van der Waals surface area contributed by atoms with Gasteiger partial charge in [0, 0.05) is 0 Å². The van der Waals surface area contributed by atoms with Gasteiger partial charge < -0.3 is 5.73 Å². The minimum absolute atomic E-state index is 0.162. The van der Waals surface area contributed by atoms with Crippen molar-refractivity contribution in [3.05, 3.63) is 29.0 Å². The molecule has 1 saturated carbocycles. The molecule has 1 fully saturated rings. The van der Waals surface area contributed by atoms with Crippen molar-refractivity contribution >= 4 is 11.6 Å². The topological polar surface area (TPSA) is 38.9 Å². The number of halogens is 1. The van der Waals surface area contributed by atoms with Gasteiger partial charge in [-0.25, -0.2) is 4.98 Å². The Labute approximate surface area is 70.4 Å². The second kappa shape index (κ2) is 2.19. The van der Waals surface area contributed by atoms with E-state index in [0.717, 1.165) is 18.5 Å². The van der Waals surface area contributed by atoms with Crippen LogP contribution in [0.4, 0.5) is 0 Å². The molecule has 2 rings (SSSR count). The van der Waals surface area contributed by atoms with Crippen molar-refractivity contribution in [3.63, 3.8) is 0 Å². The fraction of sp³-hybridized carbons (Fsp3) is 0.375. The highest BCUT2D eigenvalue weighted by atomic mass is 35.5. The molecule has 0 aromatic carbocycles. The van der Waals surface area contributed by atoms with E-state index in [2.05, 4.69) is 4.98 Å². The maximum atomic E-state index is 5.92. The predicted molar refractivity (Wildman–Crippen MR) is 44.3 cm³/mol. The maximum absolute atomic E-state index is 5.92. The average molecular weight is 169 g/mol. The number of pyridine rings is 1. The van der Waals surface area contributed by atoms with Crippen LogP contribution in [0.1, 0.15) is 18.5 Å². The maximum Gasteiger partial charge on any atom is 0.129 e. The van der Waals surface area contributed by atoms with Crippen LogP contribution in [0.25, 0.3) is 0 Å². The minimum Gasteiger partial charge on any atom is -0.320 e. The fourth-order valence-electron chi connectivity index (χ4n) is 1.08. The van der Waals surface area contributed by atoms with Crippen LogP contribution < -0.4 is 5.73 Å². The molecule has 1 aliphatic carbocycles. The molecule has 1 heterocycles. The minimum atomic E-state index is -0.162. The number of nitrogens with two attached hydrogens (primary N) is 1. The van der Waals surface area contributed by atoms with Crippen LogP contribution in [0.2, 0.25) is 5.15 Å². The van der Waals surface area contributed by atoms with E-state index in [4.69, 9.17) is 17.3 Å². The largest absolute Gasteiger partial charge is 0.320 e. The van der Waals surface area contributed by atoms with Crippen molar-refractivity contribution in [3.8, 4) is 0 Å². The Morgan fingerprint density at radius 3 is 2.73 bits per heavy atom. The molecule has 58 valence electrons. The molecule has 0 amide bonds. The summed E-state index contributed by atoms with van der Waals surface area (Å²) < 4.78 is 0. The van der Waals surface area contributed by atoms with E-state index in [1.165, 1.54) is 0 Å². The first-order chi connectivity index (χ1) is 5.21. The molecule has 0 aliphatic heterocycles. The number of rotatable bonds is 1. The number of aromatic nitrogens is 1.